The van der Waals surface area contributed by atoms with E-state index in [0.29, 0.717) is 0 Å². The lowest BCUT2D eigenvalue weighted by atomic mass is 9.30. The van der Waals surface area contributed by atoms with Gasteiger partial charge in [-0.05, 0) is 195 Å². The van der Waals surface area contributed by atoms with Crippen molar-refractivity contribution in [2.45, 2.75) is 53.4 Å². The van der Waals surface area contributed by atoms with Gasteiger partial charge in [0, 0.05) is 96.4 Å². The van der Waals surface area contributed by atoms with Crippen LogP contribution in [0.5, 0.6) is 0 Å². The van der Waals surface area contributed by atoms with E-state index < -0.39 is 0 Å². The van der Waals surface area contributed by atoms with Crippen LogP contribution < -0.4 is 62.2 Å². The van der Waals surface area contributed by atoms with Crippen molar-refractivity contribution >= 4 is 149 Å². The molecule has 0 fully saturated rings. The van der Waals surface area contributed by atoms with Crippen LogP contribution in [0, 0.1) is 0 Å². The molecular formula is C98H78B2N6. The van der Waals surface area contributed by atoms with Crippen molar-refractivity contribution in [3.05, 3.63) is 374 Å². The van der Waals surface area contributed by atoms with Gasteiger partial charge in [-0.25, -0.2) is 0 Å². The highest BCUT2D eigenvalue weighted by Crippen LogP contribution is 2.56. The average molecular weight is 1360 g/mol. The van der Waals surface area contributed by atoms with E-state index in [9.17, 15) is 0 Å². The minimum Gasteiger partial charge on any atom is -0.311 e. The Hall–Kier alpha value is -12.8. The second-order valence-electron chi connectivity index (χ2n) is 28.1. The Labute approximate surface area is 623 Å². The van der Waals surface area contributed by atoms with Crippen LogP contribution in [-0.4, -0.2) is 13.4 Å². The fourth-order valence-electron chi connectivity index (χ4n) is 17.8. The van der Waals surface area contributed by atoms with Crippen LogP contribution in [0.1, 0.15) is 49.9 Å². The van der Waals surface area contributed by atoms with E-state index in [0.717, 1.165) is 139 Å². The van der Waals surface area contributed by atoms with Crippen molar-refractivity contribution in [3.63, 3.8) is 0 Å². The number of para-hydroxylation sites is 10. The lowest BCUT2D eigenvalue weighted by Crippen LogP contribution is -2.65. The SMILES string of the molecule is CCc1ccccc1N(c1cc2c3c(c1)N(c1ccccc1)c1cc4c(cc1B3c1ccccc1N2c1ccccc1)B1c2ccccc2N(c2ccccc2)c2cc(N(c3ccccc3CC)c3ccccc3CC)cc(c21)N4c1c(-c2ccccc2)cccc1-c1ccccc1)c1ccccc1CC. The minimum atomic E-state index is -0.242. The summed E-state index contributed by atoms with van der Waals surface area (Å²) in [5, 5.41) is 0. The maximum atomic E-state index is 2.73. The summed E-state index contributed by atoms with van der Waals surface area (Å²) in [6, 6.07) is 133. The first-order chi connectivity index (χ1) is 52.5. The van der Waals surface area contributed by atoms with Crippen LogP contribution in [0.3, 0.4) is 0 Å². The van der Waals surface area contributed by atoms with Gasteiger partial charge in [0.1, 0.15) is 0 Å². The average Bonchev–Trinajstić information content (AvgIpc) is 0.681. The van der Waals surface area contributed by atoms with Crippen LogP contribution >= 0.6 is 0 Å². The molecule has 0 N–H and O–H groups in total. The number of hydrogen-bond acceptors (Lipinski definition) is 6. The fraction of sp³-hybridized carbons (Fsp3) is 0.0816. The third-order valence-electron chi connectivity index (χ3n) is 22.5. The van der Waals surface area contributed by atoms with Gasteiger partial charge in [-0.2, -0.15) is 0 Å². The maximum absolute atomic E-state index is 2.73. The molecule has 0 saturated carbocycles. The maximum Gasteiger partial charge on any atom is 0.252 e. The van der Waals surface area contributed by atoms with Crippen molar-refractivity contribution in [1.29, 1.82) is 0 Å². The smallest absolute Gasteiger partial charge is 0.252 e. The van der Waals surface area contributed by atoms with Crippen LogP contribution in [0.4, 0.5) is 102 Å². The largest absolute Gasteiger partial charge is 0.311 e. The number of hydrogen-bond donors (Lipinski definition) is 0. The molecule has 0 amide bonds. The zero-order valence-corrected chi connectivity index (χ0v) is 60.2. The van der Waals surface area contributed by atoms with E-state index in [1.807, 2.05) is 0 Å². The Morgan fingerprint density at radius 2 is 0.528 bits per heavy atom. The zero-order chi connectivity index (χ0) is 70.9. The molecular weight excluding hydrogens is 1280 g/mol. The highest BCUT2D eigenvalue weighted by atomic mass is 15.2. The van der Waals surface area contributed by atoms with E-state index in [-0.39, 0.29) is 13.4 Å². The van der Waals surface area contributed by atoms with Gasteiger partial charge < -0.3 is 29.4 Å². The summed E-state index contributed by atoms with van der Waals surface area (Å²) in [5.41, 5.74) is 37.4. The van der Waals surface area contributed by atoms with Gasteiger partial charge in [-0.15, -0.1) is 0 Å². The Morgan fingerprint density at radius 3 is 0.887 bits per heavy atom. The molecule has 8 heteroatoms. The molecule has 0 aromatic heterocycles. The van der Waals surface area contributed by atoms with E-state index >= 15 is 0 Å². The van der Waals surface area contributed by atoms with E-state index in [1.54, 1.807) is 0 Å². The summed E-state index contributed by atoms with van der Waals surface area (Å²) in [7, 11) is 0. The zero-order valence-electron chi connectivity index (χ0n) is 60.2. The van der Waals surface area contributed by atoms with Crippen LogP contribution in [0.25, 0.3) is 22.3 Å². The van der Waals surface area contributed by atoms with Gasteiger partial charge in [0.25, 0.3) is 13.4 Å². The summed E-state index contributed by atoms with van der Waals surface area (Å²) in [4.78, 5) is 15.6. The van der Waals surface area contributed by atoms with Crippen LogP contribution in [0.15, 0.2) is 352 Å². The Kier molecular flexibility index (Phi) is 16.2. The summed E-state index contributed by atoms with van der Waals surface area (Å²) in [5.74, 6) is 0. The van der Waals surface area contributed by atoms with Gasteiger partial charge in [0.15, 0.2) is 0 Å². The third-order valence-corrected chi connectivity index (χ3v) is 22.5. The van der Waals surface area contributed by atoms with Crippen molar-refractivity contribution in [2.75, 3.05) is 29.4 Å². The molecule has 0 unspecified atom stereocenters. The van der Waals surface area contributed by atoms with Gasteiger partial charge >= 0.3 is 0 Å². The number of anilines is 18. The second-order valence-corrected chi connectivity index (χ2v) is 28.1. The predicted octanol–water partition coefficient (Wildman–Crippen LogP) is 22.4. The topological polar surface area (TPSA) is 19.4 Å². The molecule has 0 atom stereocenters. The first kappa shape index (κ1) is 64.1. The lowest BCUT2D eigenvalue weighted by Gasteiger charge is -2.48. The predicted molar refractivity (Wildman–Crippen MR) is 452 cm³/mol. The van der Waals surface area contributed by atoms with Crippen LogP contribution in [-0.2, 0) is 25.7 Å². The fourth-order valence-corrected chi connectivity index (χ4v) is 17.8. The van der Waals surface area contributed by atoms with Crippen molar-refractivity contribution < 1.29 is 0 Å². The number of aryl methyl sites for hydroxylation is 4. The van der Waals surface area contributed by atoms with Crippen molar-refractivity contribution in [3.8, 4) is 22.3 Å². The first-order valence-corrected chi connectivity index (χ1v) is 37.7. The highest BCUT2D eigenvalue weighted by molar-refractivity contribution is 7.03. The molecule has 4 heterocycles. The third kappa shape index (κ3) is 10.4. The summed E-state index contributed by atoms with van der Waals surface area (Å²) in [6.07, 6.45) is 3.45. The second kappa shape index (κ2) is 26.8. The molecule has 15 aromatic rings. The molecule has 0 radical (unpaired) electrons. The molecule has 506 valence electrons. The van der Waals surface area contributed by atoms with Gasteiger partial charge in [-0.3, -0.25) is 0 Å². The molecule has 0 bridgehead atoms. The normalized spacial score (nSPS) is 12.8. The molecule has 4 aliphatic rings. The molecule has 4 aliphatic heterocycles. The molecule has 106 heavy (non-hydrogen) atoms. The molecule has 15 aromatic carbocycles. The number of fused-ring (bicyclic) bond motifs is 8. The van der Waals surface area contributed by atoms with Crippen molar-refractivity contribution in [1.82, 2.24) is 0 Å². The van der Waals surface area contributed by atoms with Gasteiger partial charge in [-0.1, -0.05) is 276 Å². The molecule has 6 nitrogen and oxygen atoms in total. The monoisotopic (exact) mass is 1360 g/mol. The molecule has 0 spiro atoms. The Morgan fingerprint density at radius 1 is 0.236 bits per heavy atom. The standard InChI is InChI=1S/C98H78B2N6/c1-5-67-37-24-30-55-84(67)104(85-56-31-25-38-68(85)6-2)76-61-92-96-94(63-76)103(75-49-22-13-23-50-75)90-66-91-83(65-82(90)99(96)80-53-28-34-59-88(80)101(92)73-45-18-11-19-46-73)100-81-54-29-35-60-89(81)102(74-47-20-12-21-48-74)93-62-77(105(86-57-32-26-39-69(86)7-3)87-58-33-27-40-70(87)8-4)64-95(97(93)100)106(91)98-78(71-41-14-9-15-42-71)51-36-52-79(98)72-43-16-10-17-44-72/h9-66H,5-8H2,1-4H3. The van der Waals surface area contributed by atoms with Crippen molar-refractivity contribution in [2.24, 2.45) is 0 Å². The van der Waals surface area contributed by atoms with E-state index in [1.165, 1.54) is 66.4 Å². The Balaban J connectivity index is 0.989. The number of rotatable bonds is 16. The first-order valence-electron chi connectivity index (χ1n) is 37.7. The molecule has 0 aliphatic carbocycles. The molecule has 0 saturated heterocycles. The van der Waals surface area contributed by atoms with E-state index in [4.69, 9.17) is 0 Å². The summed E-state index contributed by atoms with van der Waals surface area (Å²) < 4.78 is 0. The van der Waals surface area contributed by atoms with Gasteiger partial charge in [0.2, 0.25) is 0 Å². The number of benzene rings is 15. The minimum absolute atomic E-state index is 0.214. The van der Waals surface area contributed by atoms with E-state index in [2.05, 4.69) is 409 Å². The van der Waals surface area contributed by atoms with Crippen LogP contribution in [0.2, 0.25) is 0 Å². The molecule has 19 rings (SSSR count). The quantitative estimate of drug-likeness (QED) is 0.0892. The highest BCUT2D eigenvalue weighted by Gasteiger charge is 2.50. The summed E-state index contributed by atoms with van der Waals surface area (Å²) >= 11 is 0. The summed E-state index contributed by atoms with van der Waals surface area (Å²) in [6.45, 7) is 8.70. The number of nitrogens with zero attached hydrogens (tertiary/aromatic N) is 6. The Bertz CT molecular complexity index is 5700. The van der Waals surface area contributed by atoms with Gasteiger partial charge in [0.05, 0.1) is 17.1 Å². The lowest BCUT2D eigenvalue weighted by molar-refractivity contribution is 1.08.